The summed E-state index contributed by atoms with van der Waals surface area (Å²) in [6.07, 6.45) is 9.59. The van der Waals surface area contributed by atoms with E-state index in [1.807, 2.05) is 6.92 Å². The molecule has 0 aromatic heterocycles. The number of hydrogen-bond acceptors (Lipinski definition) is 3. The van der Waals surface area contributed by atoms with E-state index >= 15 is 0 Å². The van der Waals surface area contributed by atoms with Crippen LogP contribution in [-0.4, -0.2) is 31.4 Å². The first-order valence-electron chi connectivity index (χ1n) is 8.07. The molecule has 1 aliphatic carbocycles. The molecule has 1 aliphatic rings. The standard InChI is InChI=1S/C17H22N4O2S/c1-3-13-21(17-8-6-4-5-7-16(17)19-20-18)24(22,23)15-11-9-14(2)10-12-15/h1,9-12,16-17H,4-8,13H2,2H3/t16-,17-/m1/s1. The quantitative estimate of drug-likeness (QED) is 0.268. The van der Waals surface area contributed by atoms with Crippen LogP contribution in [0, 0.1) is 19.3 Å². The van der Waals surface area contributed by atoms with Crippen LogP contribution in [0.5, 0.6) is 0 Å². The van der Waals surface area contributed by atoms with E-state index < -0.39 is 16.1 Å². The second kappa shape index (κ2) is 8.20. The number of hydrogen-bond donors (Lipinski definition) is 0. The minimum Gasteiger partial charge on any atom is -0.207 e. The first-order chi connectivity index (χ1) is 11.5. The Morgan fingerprint density at radius 1 is 1.29 bits per heavy atom. The lowest BCUT2D eigenvalue weighted by atomic mass is 10.0. The van der Waals surface area contributed by atoms with Crippen molar-refractivity contribution in [3.05, 3.63) is 40.3 Å². The molecule has 0 saturated heterocycles. The highest BCUT2D eigenvalue weighted by Gasteiger charge is 2.36. The van der Waals surface area contributed by atoms with Gasteiger partial charge in [-0.05, 0) is 37.4 Å². The van der Waals surface area contributed by atoms with Crippen molar-refractivity contribution in [2.24, 2.45) is 5.11 Å². The molecule has 1 aromatic carbocycles. The summed E-state index contributed by atoms with van der Waals surface area (Å²) in [5.41, 5.74) is 9.83. The van der Waals surface area contributed by atoms with Gasteiger partial charge in [0.2, 0.25) is 10.0 Å². The predicted molar refractivity (Wildman–Crippen MR) is 93.7 cm³/mol. The van der Waals surface area contributed by atoms with Crippen molar-refractivity contribution in [3.63, 3.8) is 0 Å². The van der Waals surface area contributed by atoms with Crippen LogP contribution in [-0.2, 0) is 10.0 Å². The zero-order chi connectivity index (χ0) is 17.6. The van der Waals surface area contributed by atoms with Gasteiger partial charge in [0.15, 0.2) is 0 Å². The molecule has 0 N–H and O–H groups in total. The number of nitrogens with zero attached hydrogens (tertiary/aromatic N) is 4. The van der Waals surface area contributed by atoms with Crippen molar-refractivity contribution in [2.45, 2.75) is 56.0 Å². The number of azide groups is 1. The Morgan fingerprint density at radius 3 is 2.58 bits per heavy atom. The van der Waals surface area contributed by atoms with Crippen molar-refractivity contribution in [1.29, 1.82) is 0 Å². The fourth-order valence-electron chi connectivity index (χ4n) is 3.12. The summed E-state index contributed by atoms with van der Waals surface area (Å²) < 4.78 is 27.5. The highest BCUT2D eigenvalue weighted by molar-refractivity contribution is 7.89. The molecule has 0 spiro atoms. The van der Waals surface area contributed by atoms with Crippen molar-refractivity contribution < 1.29 is 8.42 Å². The van der Waals surface area contributed by atoms with Gasteiger partial charge in [0.1, 0.15) is 0 Å². The molecule has 0 bridgehead atoms. The van der Waals surface area contributed by atoms with Crippen LogP contribution in [0.2, 0.25) is 0 Å². The van der Waals surface area contributed by atoms with Crippen molar-refractivity contribution in [3.8, 4) is 12.3 Å². The van der Waals surface area contributed by atoms with Crippen molar-refractivity contribution >= 4 is 10.0 Å². The second-order valence-corrected chi connectivity index (χ2v) is 7.94. The maximum atomic E-state index is 13.1. The molecule has 0 aliphatic heterocycles. The zero-order valence-corrected chi connectivity index (χ0v) is 14.6. The van der Waals surface area contributed by atoms with Crippen LogP contribution in [0.4, 0.5) is 0 Å². The van der Waals surface area contributed by atoms with Gasteiger partial charge < -0.3 is 0 Å². The van der Waals surface area contributed by atoms with Gasteiger partial charge in [0, 0.05) is 11.0 Å². The molecule has 1 fully saturated rings. The Kier molecular flexibility index (Phi) is 6.27. The van der Waals surface area contributed by atoms with Crippen LogP contribution in [0.25, 0.3) is 10.4 Å². The molecule has 24 heavy (non-hydrogen) atoms. The summed E-state index contributed by atoms with van der Waals surface area (Å²) >= 11 is 0. The Morgan fingerprint density at radius 2 is 1.96 bits per heavy atom. The largest absolute Gasteiger partial charge is 0.244 e. The molecule has 2 rings (SSSR count). The third-order valence-electron chi connectivity index (χ3n) is 4.39. The number of rotatable bonds is 5. The second-order valence-electron chi connectivity index (χ2n) is 6.05. The molecule has 0 amide bonds. The van der Waals surface area contributed by atoms with E-state index in [1.54, 1.807) is 24.3 Å². The highest BCUT2D eigenvalue weighted by atomic mass is 32.2. The molecule has 1 saturated carbocycles. The molecule has 0 heterocycles. The first-order valence-corrected chi connectivity index (χ1v) is 9.51. The minimum atomic E-state index is -3.74. The lowest BCUT2D eigenvalue weighted by Crippen LogP contribution is -2.46. The van der Waals surface area contributed by atoms with Gasteiger partial charge in [-0.2, -0.15) is 4.31 Å². The first kappa shape index (κ1) is 18.3. The van der Waals surface area contributed by atoms with Gasteiger partial charge in [-0.25, -0.2) is 8.42 Å². The molecule has 128 valence electrons. The minimum absolute atomic E-state index is 0.0294. The summed E-state index contributed by atoms with van der Waals surface area (Å²) in [4.78, 5) is 3.13. The summed E-state index contributed by atoms with van der Waals surface area (Å²) in [6.45, 7) is 1.87. The summed E-state index contributed by atoms with van der Waals surface area (Å²) in [6, 6.07) is 5.93. The van der Waals surface area contributed by atoms with Crippen molar-refractivity contribution in [2.75, 3.05) is 6.54 Å². The Hall–Kier alpha value is -2.00. The Labute approximate surface area is 143 Å². The topological polar surface area (TPSA) is 86.1 Å². The maximum Gasteiger partial charge on any atom is 0.244 e. The number of terminal acetylenes is 1. The number of aryl methyl sites for hydroxylation is 1. The van der Waals surface area contributed by atoms with E-state index in [2.05, 4.69) is 15.9 Å². The Bertz CT molecular complexity index is 746. The average Bonchev–Trinajstić information content (AvgIpc) is 2.79. The zero-order valence-electron chi connectivity index (χ0n) is 13.8. The van der Waals surface area contributed by atoms with Crippen LogP contribution < -0.4 is 0 Å². The number of sulfonamides is 1. The fraction of sp³-hybridized carbons (Fsp3) is 0.529. The molecule has 2 atom stereocenters. The van der Waals surface area contributed by atoms with Crippen LogP contribution in [0.1, 0.15) is 37.7 Å². The van der Waals surface area contributed by atoms with E-state index in [9.17, 15) is 8.42 Å². The smallest absolute Gasteiger partial charge is 0.207 e. The summed E-state index contributed by atoms with van der Waals surface area (Å²) in [7, 11) is -3.74. The molecule has 0 unspecified atom stereocenters. The normalized spacial score (nSPS) is 21.5. The van der Waals surface area contributed by atoms with E-state index in [0.717, 1.165) is 24.8 Å². The lowest BCUT2D eigenvalue weighted by molar-refractivity contribution is 0.287. The summed E-state index contributed by atoms with van der Waals surface area (Å²) in [5, 5.41) is 3.86. The van der Waals surface area contributed by atoms with E-state index in [1.165, 1.54) is 4.31 Å². The molecule has 7 heteroatoms. The van der Waals surface area contributed by atoms with Gasteiger partial charge >= 0.3 is 0 Å². The van der Waals surface area contributed by atoms with Crippen LogP contribution in [0.15, 0.2) is 34.3 Å². The van der Waals surface area contributed by atoms with E-state index in [-0.39, 0.29) is 17.5 Å². The SMILES string of the molecule is C#CCN([C@@H]1CCCCC[C@H]1N=[N+]=[N-])S(=O)(=O)c1ccc(C)cc1. The monoisotopic (exact) mass is 346 g/mol. The molecule has 1 aromatic rings. The van der Waals surface area contributed by atoms with Crippen LogP contribution in [0.3, 0.4) is 0 Å². The van der Waals surface area contributed by atoms with Crippen molar-refractivity contribution in [1.82, 2.24) is 4.31 Å². The summed E-state index contributed by atoms with van der Waals surface area (Å²) in [5.74, 6) is 2.45. The van der Waals surface area contributed by atoms with Gasteiger partial charge in [-0.15, -0.1) is 6.42 Å². The Balaban J connectivity index is 2.44. The van der Waals surface area contributed by atoms with E-state index in [0.29, 0.717) is 12.8 Å². The highest BCUT2D eigenvalue weighted by Crippen LogP contribution is 2.29. The maximum absolute atomic E-state index is 13.1. The molecule has 6 nitrogen and oxygen atoms in total. The number of benzene rings is 1. The molecular formula is C17H22N4O2S. The van der Waals surface area contributed by atoms with Crippen LogP contribution >= 0.6 is 0 Å². The van der Waals surface area contributed by atoms with Gasteiger partial charge in [-0.3, -0.25) is 0 Å². The van der Waals surface area contributed by atoms with Gasteiger partial charge in [-0.1, -0.05) is 48.0 Å². The predicted octanol–water partition coefficient (Wildman–Crippen LogP) is 3.63. The van der Waals surface area contributed by atoms with Gasteiger partial charge in [0.25, 0.3) is 0 Å². The third kappa shape index (κ3) is 4.09. The van der Waals surface area contributed by atoms with E-state index in [4.69, 9.17) is 12.0 Å². The fourth-order valence-corrected chi connectivity index (χ4v) is 4.72. The van der Waals surface area contributed by atoms with Gasteiger partial charge in [0.05, 0.1) is 17.5 Å². The average molecular weight is 346 g/mol. The third-order valence-corrected chi connectivity index (χ3v) is 6.27. The molecule has 0 radical (unpaired) electrons. The molecular weight excluding hydrogens is 324 g/mol. The lowest BCUT2D eigenvalue weighted by Gasteiger charge is -2.32.